The van der Waals surface area contributed by atoms with Crippen molar-refractivity contribution in [3.8, 4) is 0 Å². The van der Waals surface area contributed by atoms with Crippen molar-refractivity contribution in [3.05, 3.63) is 17.5 Å². The summed E-state index contributed by atoms with van der Waals surface area (Å²) in [5.41, 5.74) is 8.04. The predicted molar refractivity (Wildman–Crippen MR) is 54.5 cm³/mol. The van der Waals surface area contributed by atoms with Crippen LogP contribution in [0.5, 0.6) is 0 Å². The van der Waals surface area contributed by atoms with E-state index in [4.69, 9.17) is 5.73 Å². The number of aromatic nitrogens is 2. The van der Waals surface area contributed by atoms with Gasteiger partial charge in [-0.15, -0.1) is 0 Å². The lowest BCUT2D eigenvalue weighted by Crippen LogP contribution is -2.13. The second-order valence-corrected chi connectivity index (χ2v) is 3.58. The van der Waals surface area contributed by atoms with Gasteiger partial charge in [0.15, 0.2) is 0 Å². The van der Waals surface area contributed by atoms with Crippen molar-refractivity contribution in [1.29, 1.82) is 0 Å². The molecule has 1 heterocycles. The Kier molecular flexibility index (Phi) is 3.48. The third-order valence-corrected chi connectivity index (χ3v) is 2.12. The van der Waals surface area contributed by atoms with Crippen LogP contribution in [0.25, 0.3) is 0 Å². The summed E-state index contributed by atoms with van der Waals surface area (Å²) in [5.74, 6) is 0. The molecule has 1 aromatic rings. The first kappa shape index (κ1) is 10.3. The molecule has 0 fully saturated rings. The molecule has 0 aliphatic carbocycles. The molecule has 0 aromatic carbocycles. The van der Waals surface area contributed by atoms with Gasteiger partial charge < -0.3 is 5.73 Å². The van der Waals surface area contributed by atoms with Crippen LogP contribution in [0.4, 0.5) is 0 Å². The minimum atomic E-state index is 0.0815. The van der Waals surface area contributed by atoms with Gasteiger partial charge in [0.25, 0.3) is 0 Å². The highest BCUT2D eigenvalue weighted by Gasteiger charge is 2.08. The molecule has 0 saturated heterocycles. The highest BCUT2D eigenvalue weighted by molar-refractivity contribution is 5.11. The number of hydrogen-bond donors (Lipinski definition) is 1. The summed E-state index contributed by atoms with van der Waals surface area (Å²) in [5, 5.41) is 4.41. The van der Waals surface area contributed by atoms with Gasteiger partial charge in [0, 0.05) is 12.6 Å². The normalized spacial score (nSPS) is 13.2. The van der Waals surface area contributed by atoms with E-state index in [0.29, 0.717) is 0 Å². The van der Waals surface area contributed by atoms with E-state index >= 15 is 0 Å². The van der Waals surface area contributed by atoms with E-state index in [2.05, 4.69) is 18.1 Å². The lowest BCUT2D eigenvalue weighted by Gasteiger charge is -2.08. The van der Waals surface area contributed by atoms with Crippen molar-refractivity contribution < 1.29 is 0 Å². The predicted octanol–water partition coefficient (Wildman–Crippen LogP) is 2.01. The Labute approximate surface area is 79.9 Å². The van der Waals surface area contributed by atoms with Gasteiger partial charge in [0.2, 0.25) is 0 Å². The summed E-state index contributed by atoms with van der Waals surface area (Å²) in [6.07, 6.45) is 2.36. The Bertz CT molecular complexity index is 263. The average molecular weight is 181 g/mol. The Morgan fingerprint density at radius 3 is 2.85 bits per heavy atom. The zero-order valence-electron chi connectivity index (χ0n) is 8.75. The average Bonchev–Trinajstić information content (AvgIpc) is 2.43. The molecule has 3 nitrogen and oxygen atoms in total. The fraction of sp³-hybridized carbons (Fsp3) is 0.700. The molecule has 0 amide bonds. The number of nitrogens with two attached hydrogens (primary N) is 1. The van der Waals surface area contributed by atoms with Gasteiger partial charge in [-0.25, -0.2) is 0 Å². The summed E-state index contributed by atoms with van der Waals surface area (Å²) in [7, 11) is 0. The first-order valence-electron chi connectivity index (χ1n) is 4.95. The molecule has 1 atom stereocenters. The van der Waals surface area contributed by atoms with Gasteiger partial charge in [0.05, 0.1) is 11.4 Å². The van der Waals surface area contributed by atoms with E-state index in [1.54, 1.807) is 0 Å². The third kappa shape index (κ3) is 2.56. The second-order valence-electron chi connectivity index (χ2n) is 3.58. The maximum atomic E-state index is 5.84. The fourth-order valence-electron chi connectivity index (χ4n) is 1.42. The van der Waals surface area contributed by atoms with Gasteiger partial charge in [-0.05, 0) is 26.3 Å². The molecule has 74 valence electrons. The molecule has 1 aromatic heterocycles. The Morgan fingerprint density at radius 1 is 1.62 bits per heavy atom. The van der Waals surface area contributed by atoms with Crippen molar-refractivity contribution in [2.24, 2.45) is 5.73 Å². The molecule has 0 spiro atoms. The van der Waals surface area contributed by atoms with Crippen LogP contribution < -0.4 is 5.73 Å². The number of unbranched alkanes of at least 4 members (excludes halogenated alkanes) is 1. The molecule has 2 N–H and O–H groups in total. The van der Waals surface area contributed by atoms with Crippen LogP contribution >= 0.6 is 0 Å². The molecule has 1 unspecified atom stereocenters. The highest BCUT2D eigenvalue weighted by atomic mass is 15.3. The summed E-state index contributed by atoms with van der Waals surface area (Å²) in [6, 6.07) is 2.15. The SMILES string of the molecule is CCCCn1nc(C)cc1C(C)N. The topological polar surface area (TPSA) is 43.8 Å². The standard InChI is InChI=1S/C10H19N3/c1-4-5-6-13-10(9(3)11)7-8(2)12-13/h7,9H,4-6,11H2,1-3H3. The highest BCUT2D eigenvalue weighted by Crippen LogP contribution is 2.12. The van der Waals surface area contributed by atoms with E-state index < -0.39 is 0 Å². The Morgan fingerprint density at radius 2 is 2.31 bits per heavy atom. The van der Waals surface area contributed by atoms with Crippen LogP contribution in [0.3, 0.4) is 0 Å². The summed E-state index contributed by atoms with van der Waals surface area (Å²) in [4.78, 5) is 0. The molecular weight excluding hydrogens is 162 g/mol. The first-order chi connectivity index (χ1) is 6.15. The zero-order chi connectivity index (χ0) is 9.84. The molecular formula is C10H19N3. The minimum Gasteiger partial charge on any atom is -0.323 e. The van der Waals surface area contributed by atoms with Gasteiger partial charge in [0.1, 0.15) is 0 Å². The van der Waals surface area contributed by atoms with Crippen molar-refractivity contribution in [2.75, 3.05) is 0 Å². The lowest BCUT2D eigenvalue weighted by atomic mass is 10.2. The minimum absolute atomic E-state index is 0.0815. The van der Waals surface area contributed by atoms with E-state index in [1.165, 1.54) is 12.8 Å². The maximum absolute atomic E-state index is 5.84. The summed E-state index contributed by atoms with van der Waals surface area (Å²) < 4.78 is 2.03. The van der Waals surface area contributed by atoms with E-state index in [1.807, 2.05) is 18.5 Å². The molecule has 0 bridgehead atoms. The van der Waals surface area contributed by atoms with E-state index in [9.17, 15) is 0 Å². The summed E-state index contributed by atoms with van der Waals surface area (Å²) in [6.45, 7) is 7.18. The molecule has 0 aliphatic rings. The summed E-state index contributed by atoms with van der Waals surface area (Å²) >= 11 is 0. The molecule has 3 heteroatoms. The van der Waals surface area contributed by atoms with Crippen molar-refractivity contribution in [1.82, 2.24) is 9.78 Å². The molecule has 0 radical (unpaired) electrons. The van der Waals surface area contributed by atoms with Crippen LogP contribution in [0.2, 0.25) is 0 Å². The Balaban J connectivity index is 2.78. The van der Waals surface area contributed by atoms with E-state index in [0.717, 1.165) is 17.9 Å². The molecule has 0 saturated carbocycles. The van der Waals surface area contributed by atoms with Crippen molar-refractivity contribution in [3.63, 3.8) is 0 Å². The Hall–Kier alpha value is -0.830. The molecule has 13 heavy (non-hydrogen) atoms. The van der Waals surface area contributed by atoms with Crippen LogP contribution in [0.15, 0.2) is 6.07 Å². The van der Waals surface area contributed by atoms with Crippen molar-refractivity contribution >= 4 is 0 Å². The lowest BCUT2D eigenvalue weighted by molar-refractivity contribution is 0.529. The number of hydrogen-bond acceptors (Lipinski definition) is 2. The fourth-order valence-corrected chi connectivity index (χ4v) is 1.42. The van der Waals surface area contributed by atoms with Crippen LogP contribution in [0, 0.1) is 6.92 Å². The maximum Gasteiger partial charge on any atom is 0.0597 e. The number of rotatable bonds is 4. The smallest absolute Gasteiger partial charge is 0.0597 e. The number of aryl methyl sites for hydroxylation is 2. The zero-order valence-corrected chi connectivity index (χ0v) is 8.75. The van der Waals surface area contributed by atoms with Crippen LogP contribution in [-0.4, -0.2) is 9.78 Å². The molecule has 1 rings (SSSR count). The van der Waals surface area contributed by atoms with Crippen LogP contribution in [0.1, 0.15) is 44.1 Å². The van der Waals surface area contributed by atoms with Gasteiger partial charge >= 0.3 is 0 Å². The van der Waals surface area contributed by atoms with E-state index in [-0.39, 0.29) is 6.04 Å². The largest absolute Gasteiger partial charge is 0.323 e. The second kappa shape index (κ2) is 4.42. The van der Waals surface area contributed by atoms with Gasteiger partial charge in [-0.2, -0.15) is 5.10 Å². The van der Waals surface area contributed by atoms with Gasteiger partial charge in [-0.1, -0.05) is 13.3 Å². The molecule has 0 aliphatic heterocycles. The van der Waals surface area contributed by atoms with Gasteiger partial charge in [-0.3, -0.25) is 4.68 Å². The quantitative estimate of drug-likeness (QED) is 0.772. The monoisotopic (exact) mass is 181 g/mol. The van der Waals surface area contributed by atoms with Crippen LogP contribution in [-0.2, 0) is 6.54 Å². The first-order valence-corrected chi connectivity index (χ1v) is 4.95. The van der Waals surface area contributed by atoms with Crippen molar-refractivity contribution in [2.45, 2.75) is 46.2 Å². The third-order valence-electron chi connectivity index (χ3n) is 2.12. The number of nitrogens with zero attached hydrogens (tertiary/aromatic N) is 2.